The van der Waals surface area contributed by atoms with Gasteiger partial charge in [0, 0.05) is 18.1 Å². The van der Waals surface area contributed by atoms with E-state index in [9.17, 15) is 4.79 Å². The van der Waals surface area contributed by atoms with E-state index >= 15 is 0 Å². The van der Waals surface area contributed by atoms with Gasteiger partial charge in [0.25, 0.3) is 0 Å². The lowest BCUT2D eigenvalue weighted by Gasteiger charge is -1.97. The van der Waals surface area contributed by atoms with E-state index in [4.69, 9.17) is 4.52 Å². The Labute approximate surface area is 101 Å². The van der Waals surface area contributed by atoms with Crippen LogP contribution in [-0.4, -0.2) is 37.4 Å². The molecule has 0 saturated carbocycles. The molecule has 1 aliphatic rings. The molecule has 0 spiro atoms. The number of nitrogens with zero attached hydrogens (tertiary/aromatic N) is 4. The lowest BCUT2D eigenvalue weighted by molar-refractivity contribution is -0.117. The van der Waals surface area contributed by atoms with Gasteiger partial charge in [-0.15, -0.1) is 0 Å². The molecule has 0 amide bonds. The number of hydrogen-bond acceptors (Lipinski definition) is 7. The zero-order valence-corrected chi connectivity index (χ0v) is 9.55. The third-order valence-electron chi connectivity index (χ3n) is 2.45. The molecule has 1 saturated heterocycles. The molecule has 1 fully saturated rings. The SMILES string of the molecule is O=C1CSCC1c1nc(-c2cnccn2)no1. The molecular formula is C10H8N4O2S. The first kappa shape index (κ1) is 10.4. The monoisotopic (exact) mass is 248 g/mol. The number of rotatable bonds is 2. The van der Waals surface area contributed by atoms with Gasteiger partial charge in [-0.25, -0.2) is 4.98 Å². The molecule has 86 valence electrons. The van der Waals surface area contributed by atoms with Gasteiger partial charge in [0.05, 0.1) is 11.9 Å². The number of Topliss-reactive ketones (excluding diaryl/α,β-unsaturated/α-hetero) is 1. The highest BCUT2D eigenvalue weighted by Crippen LogP contribution is 2.29. The molecule has 0 radical (unpaired) electrons. The highest BCUT2D eigenvalue weighted by molar-refractivity contribution is 8.00. The standard InChI is InChI=1S/C10H8N4O2S/c15-8-5-17-4-6(8)10-13-9(14-16-10)7-3-11-1-2-12-7/h1-3,6H,4-5H2. The second-order valence-electron chi connectivity index (χ2n) is 3.58. The molecule has 2 aromatic rings. The number of carbonyl (C=O) groups is 1. The van der Waals surface area contributed by atoms with Crippen LogP contribution in [-0.2, 0) is 4.79 Å². The maximum atomic E-state index is 11.5. The van der Waals surface area contributed by atoms with E-state index in [0.717, 1.165) is 0 Å². The molecule has 0 N–H and O–H groups in total. The first-order valence-corrected chi connectivity index (χ1v) is 6.20. The van der Waals surface area contributed by atoms with Gasteiger partial charge in [0.2, 0.25) is 11.7 Å². The van der Waals surface area contributed by atoms with Gasteiger partial charge in [-0.05, 0) is 0 Å². The number of ketones is 1. The van der Waals surface area contributed by atoms with Crippen LogP contribution < -0.4 is 0 Å². The Morgan fingerprint density at radius 1 is 1.41 bits per heavy atom. The Morgan fingerprint density at radius 2 is 2.35 bits per heavy atom. The largest absolute Gasteiger partial charge is 0.338 e. The summed E-state index contributed by atoms with van der Waals surface area (Å²) in [6.45, 7) is 0. The summed E-state index contributed by atoms with van der Waals surface area (Å²) in [5, 5.41) is 3.82. The van der Waals surface area contributed by atoms with Crippen molar-refractivity contribution < 1.29 is 9.32 Å². The highest BCUT2D eigenvalue weighted by Gasteiger charge is 2.31. The van der Waals surface area contributed by atoms with Gasteiger partial charge in [-0.1, -0.05) is 5.16 Å². The third-order valence-corrected chi connectivity index (χ3v) is 3.51. The Kier molecular flexibility index (Phi) is 2.60. The van der Waals surface area contributed by atoms with E-state index in [1.165, 1.54) is 0 Å². The van der Waals surface area contributed by atoms with Crippen molar-refractivity contribution in [2.45, 2.75) is 5.92 Å². The van der Waals surface area contributed by atoms with Crippen LogP contribution in [0.15, 0.2) is 23.1 Å². The number of thioether (sulfide) groups is 1. The third kappa shape index (κ3) is 1.93. The normalized spacial score (nSPS) is 19.8. The predicted molar refractivity (Wildman–Crippen MR) is 60.4 cm³/mol. The highest BCUT2D eigenvalue weighted by atomic mass is 32.2. The van der Waals surface area contributed by atoms with E-state index in [1.54, 1.807) is 30.4 Å². The van der Waals surface area contributed by atoms with Gasteiger partial charge in [0.15, 0.2) is 5.78 Å². The molecular weight excluding hydrogens is 240 g/mol. The minimum Gasteiger partial charge on any atom is -0.338 e. The van der Waals surface area contributed by atoms with Gasteiger partial charge >= 0.3 is 0 Å². The molecule has 0 aromatic carbocycles. The Bertz CT molecular complexity index is 542. The second-order valence-corrected chi connectivity index (χ2v) is 4.61. The summed E-state index contributed by atoms with van der Waals surface area (Å²) in [5.74, 6) is 1.86. The zero-order valence-electron chi connectivity index (χ0n) is 8.74. The molecule has 3 heterocycles. The number of aromatic nitrogens is 4. The first-order valence-electron chi connectivity index (χ1n) is 5.05. The molecule has 0 bridgehead atoms. The lowest BCUT2D eigenvalue weighted by Crippen LogP contribution is -2.09. The van der Waals surface area contributed by atoms with Crippen molar-refractivity contribution >= 4 is 17.5 Å². The summed E-state index contributed by atoms with van der Waals surface area (Å²) >= 11 is 1.58. The van der Waals surface area contributed by atoms with Crippen LogP contribution in [0, 0.1) is 0 Å². The van der Waals surface area contributed by atoms with Crippen molar-refractivity contribution in [3.05, 3.63) is 24.5 Å². The van der Waals surface area contributed by atoms with E-state index in [1.807, 2.05) is 0 Å². The topological polar surface area (TPSA) is 81.8 Å². The molecule has 17 heavy (non-hydrogen) atoms. The summed E-state index contributed by atoms with van der Waals surface area (Å²) in [4.78, 5) is 23.7. The summed E-state index contributed by atoms with van der Waals surface area (Å²) in [7, 11) is 0. The quantitative estimate of drug-likeness (QED) is 0.781. The maximum Gasteiger partial charge on any atom is 0.238 e. The fourth-order valence-electron chi connectivity index (χ4n) is 1.58. The van der Waals surface area contributed by atoms with E-state index < -0.39 is 0 Å². The van der Waals surface area contributed by atoms with Crippen molar-refractivity contribution in [3.63, 3.8) is 0 Å². The molecule has 0 aliphatic carbocycles. The molecule has 1 aliphatic heterocycles. The van der Waals surface area contributed by atoms with Crippen molar-refractivity contribution in [1.82, 2.24) is 20.1 Å². The number of carbonyl (C=O) groups excluding carboxylic acids is 1. The summed E-state index contributed by atoms with van der Waals surface area (Å²) < 4.78 is 5.11. The van der Waals surface area contributed by atoms with Crippen LogP contribution in [0.2, 0.25) is 0 Å². The predicted octanol–water partition coefficient (Wildman–Crippen LogP) is 0.926. The molecule has 1 unspecified atom stereocenters. The lowest BCUT2D eigenvalue weighted by atomic mass is 10.1. The van der Waals surface area contributed by atoms with Crippen molar-refractivity contribution in [2.75, 3.05) is 11.5 Å². The van der Waals surface area contributed by atoms with Crippen molar-refractivity contribution in [1.29, 1.82) is 0 Å². The van der Waals surface area contributed by atoms with E-state index in [-0.39, 0.29) is 11.7 Å². The van der Waals surface area contributed by atoms with Crippen LogP contribution in [0.25, 0.3) is 11.5 Å². The minimum absolute atomic E-state index is 0.143. The van der Waals surface area contributed by atoms with Crippen molar-refractivity contribution in [2.24, 2.45) is 0 Å². The van der Waals surface area contributed by atoms with Crippen LogP contribution in [0.3, 0.4) is 0 Å². The first-order chi connectivity index (χ1) is 8.34. The van der Waals surface area contributed by atoms with E-state index in [2.05, 4.69) is 20.1 Å². The number of hydrogen-bond donors (Lipinski definition) is 0. The molecule has 2 aromatic heterocycles. The summed E-state index contributed by atoms with van der Waals surface area (Å²) in [6.07, 6.45) is 4.68. The Hall–Kier alpha value is -1.76. The Morgan fingerprint density at radius 3 is 3.06 bits per heavy atom. The van der Waals surface area contributed by atoms with Crippen LogP contribution in [0.1, 0.15) is 11.8 Å². The fourth-order valence-corrected chi connectivity index (χ4v) is 2.66. The molecule has 3 rings (SSSR count). The van der Waals surface area contributed by atoms with Gasteiger partial charge < -0.3 is 4.52 Å². The summed E-state index contributed by atoms with van der Waals surface area (Å²) in [5.41, 5.74) is 0.542. The van der Waals surface area contributed by atoms with E-state index in [0.29, 0.717) is 28.9 Å². The summed E-state index contributed by atoms with van der Waals surface area (Å²) in [6, 6.07) is 0. The van der Waals surface area contributed by atoms with Gasteiger partial charge in [-0.2, -0.15) is 16.7 Å². The maximum absolute atomic E-state index is 11.5. The second kappa shape index (κ2) is 4.25. The van der Waals surface area contributed by atoms with Crippen molar-refractivity contribution in [3.8, 4) is 11.5 Å². The van der Waals surface area contributed by atoms with Crippen LogP contribution >= 0.6 is 11.8 Å². The average molecular weight is 248 g/mol. The van der Waals surface area contributed by atoms with Crippen LogP contribution in [0.4, 0.5) is 0 Å². The smallest absolute Gasteiger partial charge is 0.238 e. The molecule has 6 nitrogen and oxygen atoms in total. The van der Waals surface area contributed by atoms with Crippen LogP contribution in [0.5, 0.6) is 0 Å². The zero-order chi connectivity index (χ0) is 11.7. The molecule has 7 heteroatoms. The fraction of sp³-hybridized carbons (Fsp3) is 0.300. The van der Waals surface area contributed by atoms with Gasteiger partial charge in [-0.3, -0.25) is 9.78 Å². The molecule has 1 atom stereocenters. The minimum atomic E-state index is -0.266. The van der Waals surface area contributed by atoms with Gasteiger partial charge in [0.1, 0.15) is 11.6 Å². The Balaban J connectivity index is 1.91. The average Bonchev–Trinajstić information content (AvgIpc) is 2.98.